The summed E-state index contributed by atoms with van der Waals surface area (Å²) in [7, 11) is 0. The van der Waals surface area contributed by atoms with Gasteiger partial charge in [-0.25, -0.2) is 0 Å². The molecule has 5 nitrogen and oxygen atoms in total. The van der Waals surface area contributed by atoms with Crippen molar-refractivity contribution in [2.75, 3.05) is 65.4 Å². The molecule has 3 aliphatic rings. The monoisotopic (exact) mass is 418 g/mol. The summed E-state index contributed by atoms with van der Waals surface area (Å²) >= 11 is 0. The van der Waals surface area contributed by atoms with Crippen LogP contribution in [-0.4, -0.2) is 80.1 Å². The number of hydrogen-bond acceptors (Lipinski definition) is 5. The number of ether oxygens (including phenoxy) is 1. The number of fused-ring (bicyclic) bond motifs is 3. The molecule has 5 heteroatoms. The Morgan fingerprint density at radius 3 is 1.73 bits per heavy atom. The second-order valence-corrected chi connectivity index (χ2v) is 9.66. The van der Waals surface area contributed by atoms with Gasteiger partial charge in [-0.2, -0.15) is 0 Å². The molecule has 0 aliphatic carbocycles. The average molecular weight is 419 g/mol. The first-order chi connectivity index (χ1) is 14.5. The minimum atomic E-state index is 0.766. The molecule has 0 saturated carbocycles. The standard InChI is InChI=1S/C18H40N4.C7H6O/c1-17(2)15-22(16-18(3)4)10-6-9-21-13-11-20(12-14-21)8-5-7-19;1-3-7-4-2-6(1)5-8-7/h17-18H,5-16,19H2,1-4H3;1-4H,5H2. The molecule has 1 saturated heterocycles. The first kappa shape index (κ1) is 25.1. The predicted molar refractivity (Wildman–Crippen MR) is 128 cm³/mol. The largest absolute Gasteiger partial charge is 0.489 e. The van der Waals surface area contributed by atoms with Crippen LogP contribution in [-0.2, 0) is 6.61 Å². The van der Waals surface area contributed by atoms with Crippen LogP contribution in [0.3, 0.4) is 0 Å². The molecule has 3 aliphatic heterocycles. The van der Waals surface area contributed by atoms with Gasteiger partial charge in [-0.1, -0.05) is 39.8 Å². The zero-order chi connectivity index (χ0) is 21.8. The molecule has 1 aromatic rings. The van der Waals surface area contributed by atoms with Crippen molar-refractivity contribution in [1.82, 2.24) is 14.7 Å². The fourth-order valence-electron chi connectivity index (χ4n) is 4.21. The molecule has 0 atom stereocenters. The van der Waals surface area contributed by atoms with Crippen LogP contribution in [0, 0.1) is 11.8 Å². The lowest BCUT2D eigenvalue weighted by molar-refractivity contribution is 0.124. The Morgan fingerprint density at radius 1 is 0.867 bits per heavy atom. The van der Waals surface area contributed by atoms with Crippen molar-refractivity contribution < 1.29 is 4.74 Å². The van der Waals surface area contributed by atoms with E-state index in [0.717, 1.165) is 37.2 Å². The topological polar surface area (TPSA) is 45.0 Å². The van der Waals surface area contributed by atoms with E-state index >= 15 is 0 Å². The van der Waals surface area contributed by atoms with E-state index in [1.54, 1.807) is 0 Å². The van der Waals surface area contributed by atoms with E-state index in [2.05, 4.69) is 54.5 Å². The maximum atomic E-state index is 5.59. The Labute approximate surface area is 185 Å². The second-order valence-electron chi connectivity index (χ2n) is 9.66. The third-order valence-corrected chi connectivity index (χ3v) is 5.67. The van der Waals surface area contributed by atoms with E-state index in [0.29, 0.717) is 0 Å². The molecule has 0 spiro atoms. The van der Waals surface area contributed by atoms with Gasteiger partial charge in [0.1, 0.15) is 12.4 Å². The maximum Gasteiger partial charge on any atom is 0.119 e. The van der Waals surface area contributed by atoms with Crippen LogP contribution in [0.2, 0.25) is 0 Å². The van der Waals surface area contributed by atoms with E-state index in [9.17, 15) is 0 Å². The molecule has 4 rings (SSSR count). The first-order valence-corrected chi connectivity index (χ1v) is 12.0. The summed E-state index contributed by atoms with van der Waals surface area (Å²) < 4.78 is 5.18. The van der Waals surface area contributed by atoms with Crippen LogP contribution in [0.15, 0.2) is 24.3 Å². The zero-order valence-electron chi connectivity index (χ0n) is 20.0. The van der Waals surface area contributed by atoms with Gasteiger partial charge in [0.05, 0.1) is 0 Å². The zero-order valence-corrected chi connectivity index (χ0v) is 20.0. The van der Waals surface area contributed by atoms with Crippen molar-refractivity contribution in [2.45, 2.75) is 47.1 Å². The highest BCUT2D eigenvalue weighted by Gasteiger charge is 2.16. The van der Waals surface area contributed by atoms with Crippen LogP contribution in [0.4, 0.5) is 0 Å². The third-order valence-electron chi connectivity index (χ3n) is 5.67. The summed E-state index contributed by atoms with van der Waals surface area (Å²) in [5.41, 5.74) is 6.86. The molecule has 3 heterocycles. The molecule has 172 valence electrons. The van der Waals surface area contributed by atoms with Gasteiger partial charge in [-0.05, 0) is 68.6 Å². The van der Waals surface area contributed by atoms with Crippen molar-refractivity contribution in [3.63, 3.8) is 0 Å². The van der Waals surface area contributed by atoms with Gasteiger partial charge in [-0.15, -0.1) is 0 Å². The highest BCUT2D eigenvalue weighted by molar-refractivity contribution is 5.30. The molecule has 0 amide bonds. The summed E-state index contributed by atoms with van der Waals surface area (Å²) in [6.07, 6.45) is 2.45. The van der Waals surface area contributed by atoms with E-state index in [1.807, 2.05) is 12.1 Å². The van der Waals surface area contributed by atoms with Crippen molar-refractivity contribution in [2.24, 2.45) is 17.6 Å². The second kappa shape index (κ2) is 14.0. The third kappa shape index (κ3) is 10.3. The van der Waals surface area contributed by atoms with Crippen LogP contribution in [0.25, 0.3) is 0 Å². The number of hydrogen-bond donors (Lipinski definition) is 1. The lowest BCUT2D eigenvalue weighted by Gasteiger charge is -2.35. The number of benzene rings is 1. The fraction of sp³-hybridized carbons (Fsp3) is 0.760. The summed E-state index contributed by atoms with van der Waals surface area (Å²) in [5, 5.41) is 0. The van der Waals surface area contributed by atoms with Crippen molar-refractivity contribution >= 4 is 0 Å². The van der Waals surface area contributed by atoms with Gasteiger partial charge in [0.15, 0.2) is 0 Å². The van der Waals surface area contributed by atoms with Gasteiger partial charge in [-0.3, -0.25) is 0 Å². The van der Waals surface area contributed by atoms with E-state index in [4.69, 9.17) is 10.5 Å². The molecule has 0 radical (unpaired) electrons. The van der Waals surface area contributed by atoms with E-state index in [-0.39, 0.29) is 0 Å². The predicted octanol–water partition coefficient (Wildman–Crippen LogP) is 3.54. The number of rotatable bonds is 11. The summed E-state index contributed by atoms with van der Waals surface area (Å²) in [5.74, 6) is 2.52. The van der Waals surface area contributed by atoms with Gasteiger partial charge in [0.2, 0.25) is 0 Å². The smallest absolute Gasteiger partial charge is 0.119 e. The Morgan fingerprint density at radius 2 is 1.40 bits per heavy atom. The number of nitrogens with zero attached hydrogens (tertiary/aromatic N) is 3. The van der Waals surface area contributed by atoms with E-state index in [1.165, 1.54) is 70.9 Å². The molecule has 2 bridgehead atoms. The average Bonchev–Trinajstić information content (AvgIpc) is 2.74. The summed E-state index contributed by atoms with van der Waals surface area (Å²) in [6, 6.07) is 8.13. The Hall–Kier alpha value is -1.14. The molecule has 0 unspecified atom stereocenters. The van der Waals surface area contributed by atoms with Gasteiger partial charge in [0, 0.05) is 39.3 Å². The molecule has 0 aromatic heterocycles. The molecular weight excluding hydrogens is 372 g/mol. The Kier molecular flexibility index (Phi) is 11.7. The van der Waals surface area contributed by atoms with Crippen LogP contribution in [0.1, 0.15) is 46.1 Å². The normalized spacial score (nSPS) is 16.8. The van der Waals surface area contributed by atoms with Crippen LogP contribution in [0.5, 0.6) is 5.75 Å². The van der Waals surface area contributed by atoms with Gasteiger partial charge in [0.25, 0.3) is 0 Å². The van der Waals surface area contributed by atoms with Gasteiger partial charge >= 0.3 is 0 Å². The fourth-order valence-corrected chi connectivity index (χ4v) is 4.21. The quantitative estimate of drug-likeness (QED) is 0.596. The summed E-state index contributed by atoms with van der Waals surface area (Å²) in [6.45, 7) is 22.0. The first-order valence-electron chi connectivity index (χ1n) is 12.0. The maximum absolute atomic E-state index is 5.59. The number of nitrogens with two attached hydrogens (primary N) is 1. The van der Waals surface area contributed by atoms with Crippen molar-refractivity contribution in [1.29, 1.82) is 0 Å². The van der Waals surface area contributed by atoms with E-state index < -0.39 is 0 Å². The lowest BCUT2D eigenvalue weighted by atomic mass is 10.1. The number of piperazine rings is 1. The van der Waals surface area contributed by atoms with Gasteiger partial charge < -0.3 is 25.2 Å². The molecule has 30 heavy (non-hydrogen) atoms. The SMILES string of the molecule is CC(C)CN(CCCN1CCN(CCCN)CC1)CC(C)C.c1cc2ccc1CO2. The molecule has 2 N–H and O–H groups in total. The Bertz CT molecular complexity index is 520. The minimum absolute atomic E-state index is 0.766. The minimum Gasteiger partial charge on any atom is -0.489 e. The van der Waals surface area contributed by atoms with Crippen LogP contribution < -0.4 is 10.5 Å². The molecular formula is C25H46N4O. The molecule has 1 fully saturated rings. The highest BCUT2D eigenvalue weighted by Crippen LogP contribution is 2.19. The van der Waals surface area contributed by atoms with Crippen LogP contribution >= 0.6 is 0 Å². The summed E-state index contributed by atoms with van der Waals surface area (Å²) in [4.78, 5) is 7.86. The highest BCUT2D eigenvalue weighted by atomic mass is 16.5. The van der Waals surface area contributed by atoms with Crippen molar-refractivity contribution in [3.8, 4) is 5.75 Å². The Balaban J connectivity index is 0.000000326. The van der Waals surface area contributed by atoms with Crippen molar-refractivity contribution in [3.05, 3.63) is 29.8 Å². The molecule has 1 aromatic carbocycles. The lowest BCUT2D eigenvalue weighted by Crippen LogP contribution is -2.47.